The normalized spacial score (nSPS) is 16.9. The third-order valence-electron chi connectivity index (χ3n) is 4.62. The molecule has 1 fully saturated rings. The molecule has 1 unspecified atom stereocenters. The van der Waals surface area contributed by atoms with E-state index in [1.807, 2.05) is 33.0 Å². The lowest BCUT2D eigenvalue weighted by Gasteiger charge is -2.19. The lowest BCUT2D eigenvalue weighted by atomic mass is 10.1. The Labute approximate surface area is 142 Å². The molecule has 1 saturated heterocycles. The highest BCUT2D eigenvalue weighted by Gasteiger charge is 2.26. The van der Waals surface area contributed by atoms with Gasteiger partial charge in [-0.15, -0.1) is 5.10 Å². The van der Waals surface area contributed by atoms with E-state index >= 15 is 0 Å². The second-order valence-corrected chi connectivity index (χ2v) is 6.42. The molecule has 3 heterocycles. The molecular weight excluding hydrogens is 300 g/mol. The van der Waals surface area contributed by atoms with Crippen LogP contribution in [0, 0.1) is 38.0 Å². The molecule has 0 saturated carbocycles. The first-order valence-corrected chi connectivity index (χ1v) is 8.24. The summed E-state index contributed by atoms with van der Waals surface area (Å²) in [6, 6.07) is 6.35. The topological polar surface area (TPSA) is 77.7 Å². The number of nitriles is 1. The van der Waals surface area contributed by atoms with Crippen LogP contribution in [0.5, 0.6) is 0 Å². The fourth-order valence-corrected chi connectivity index (χ4v) is 2.96. The number of nitrogens with one attached hydrogen (secondary N) is 1. The highest BCUT2D eigenvalue weighted by atomic mass is 15.3. The van der Waals surface area contributed by atoms with Crippen molar-refractivity contribution in [1.29, 1.82) is 5.26 Å². The summed E-state index contributed by atoms with van der Waals surface area (Å²) in [7, 11) is 0. The van der Waals surface area contributed by atoms with Crippen LogP contribution in [0.15, 0.2) is 18.3 Å². The van der Waals surface area contributed by atoms with Crippen LogP contribution in [0.1, 0.15) is 28.8 Å². The Balaban J connectivity index is 1.64. The Morgan fingerprint density at radius 2 is 2.12 bits per heavy atom. The highest BCUT2D eigenvalue weighted by molar-refractivity contribution is 5.58. The largest absolute Gasteiger partial charge is 0.370 e. The molecular formula is C18H22N6. The van der Waals surface area contributed by atoms with Crippen LogP contribution in [0.4, 0.5) is 11.6 Å². The van der Waals surface area contributed by atoms with Gasteiger partial charge in [-0.05, 0) is 50.3 Å². The van der Waals surface area contributed by atoms with Gasteiger partial charge in [0, 0.05) is 25.8 Å². The van der Waals surface area contributed by atoms with E-state index in [1.165, 1.54) is 0 Å². The van der Waals surface area contributed by atoms with Gasteiger partial charge in [-0.25, -0.2) is 4.98 Å². The molecule has 6 nitrogen and oxygen atoms in total. The number of anilines is 2. The fraction of sp³-hybridized carbons (Fsp3) is 0.444. The zero-order valence-corrected chi connectivity index (χ0v) is 14.4. The van der Waals surface area contributed by atoms with Crippen molar-refractivity contribution in [3.05, 3.63) is 40.7 Å². The third kappa shape index (κ3) is 3.30. The third-order valence-corrected chi connectivity index (χ3v) is 4.62. The van der Waals surface area contributed by atoms with Crippen LogP contribution in [0.2, 0.25) is 0 Å². The molecule has 0 radical (unpaired) electrons. The summed E-state index contributed by atoms with van der Waals surface area (Å²) < 4.78 is 0. The maximum Gasteiger partial charge on any atom is 0.169 e. The molecule has 0 amide bonds. The van der Waals surface area contributed by atoms with E-state index in [9.17, 15) is 5.26 Å². The van der Waals surface area contributed by atoms with Gasteiger partial charge in [0.1, 0.15) is 17.5 Å². The van der Waals surface area contributed by atoms with Crippen LogP contribution in [-0.2, 0) is 0 Å². The molecule has 3 rings (SSSR count). The number of hydrogen-bond acceptors (Lipinski definition) is 6. The van der Waals surface area contributed by atoms with Gasteiger partial charge in [-0.3, -0.25) is 0 Å². The molecule has 2 aromatic rings. The average Bonchev–Trinajstić information content (AvgIpc) is 3.05. The van der Waals surface area contributed by atoms with Gasteiger partial charge in [-0.1, -0.05) is 6.07 Å². The molecule has 0 aromatic carbocycles. The Bertz CT molecular complexity index is 762. The minimum Gasteiger partial charge on any atom is -0.370 e. The van der Waals surface area contributed by atoms with Gasteiger partial charge in [0.2, 0.25) is 0 Å². The van der Waals surface area contributed by atoms with Gasteiger partial charge < -0.3 is 10.2 Å². The minimum absolute atomic E-state index is 0.503. The molecule has 1 atom stereocenters. The van der Waals surface area contributed by atoms with Crippen LogP contribution in [-0.4, -0.2) is 34.8 Å². The van der Waals surface area contributed by atoms with Crippen molar-refractivity contribution < 1.29 is 0 Å². The molecule has 1 N–H and O–H groups in total. The summed E-state index contributed by atoms with van der Waals surface area (Å²) in [5.74, 6) is 2.13. The second-order valence-electron chi connectivity index (χ2n) is 6.42. The van der Waals surface area contributed by atoms with Crippen LogP contribution in [0.3, 0.4) is 0 Å². The number of nitrogens with zero attached hydrogens (tertiary/aromatic N) is 5. The van der Waals surface area contributed by atoms with Crippen LogP contribution < -0.4 is 10.2 Å². The van der Waals surface area contributed by atoms with Crippen molar-refractivity contribution in [2.24, 2.45) is 5.92 Å². The van der Waals surface area contributed by atoms with Gasteiger partial charge in [0.15, 0.2) is 5.82 Å². The molecule has 0 spiro atoms. The SMILES string of the molecule is Cc1ccc(NCC2CCN(c3nnc(C)c(C)c3C#N)C2)nc1. The molecule has 1 aliphatic heterocycles. The minimum atomic E-state index is 0.503. The van der Waals surface area contributed by atoms with Gasteiger partial charge in [-0.2, -0.15) is 10.4 Å². The first-order chi connectivity index (χ1) is 11.6. The summed E-state index contributed by atoms with van der Waals surface area (Å²) in [6.45, 7) is 8.50. The van der Waals surface area contributed by atoms with Crippen molar-refractivity contribution >= 4 is 11.6 Å². The molecule has 2 aromatic heterocycles. The van der Waals surface area contributed by atoms with Crippen molar-refractivity contribution in [2.75, 3.05) is 29.9 Å². The zero-order chi connectivity index (χ0) is 17.1. The van der Waals surface area contributed by atoms with Crippen molar-refractivity contribution in [2.45, 2.75) is 27.2 Å². The Morgan fingerprint density at radius 3 is 2.83 bits per heavy atom. The van der Waals surface area contributed by atoms with E-state index in [1.54, 1.807) is 0 Å². The maximum atomic E-state index is 9.46. The van der Waals surface area contributed by atoms with Crippen molar-refractivity contribution in [1.82, 2.24) is 15.2 Å². The van der Waals surface area contributed by atoms with Gasteiger partial charge in [0.05, 0.1) is 5.69 Å². The lowest BCUT2D eigenvalue weighted by Crippen LogP contribution is -2.25. The number of hydrogen-bond donors (Lipinski definition) is 1. The maximum absolute atomic E-state index is 9.46. The smallest absolute Gasteiger partial charge is 0.169 e. The predicted molar refractivity (Wildman–Crippen MR) is 94.0 cm³/mol. The summed E-state index contributed by atoms with van der Waals surface area (Å²) >= 11 is 0. The van der Waals surface area contributed by atoms with Crippen LogP contribution >= 0.6 is 0 Å². The number of aromatic nitrogens is 3. The molecule has 1 aliphatic rings. The van der Waals surface area contributed by atoms with Crippen molar-refractivity contribution in [3.8, 4) is 6.07 Å². The molecule has 124 valence electrons. The van der Waals surface area contributed by atoms with E-state index in [-0.39, 0.29) is 0 Å². The average molecular weight is 322 g/mol. The van der Waals surface area contributed by atoms with E-state index < -0.39 is 0 Å². The summed E-state index contributed by atoms with van der Waals surface area (Å²) in [5, 5.41) is 21.3. The van der Waals surface area contributed by atoms with Crippen LogP contribution in [0.25, 0.3) is 0 Å². The lowest BCUT2D eigenvalue weighted by molar-refractivity contribution is 0.620. The quantitative estimate of drug-likeness (QED) is 0.932. The monoisotopic (exact) mass is 322 g/mol. The standard InChI is InChI=1S/C18H22N6/c1-12-4-5-17(20-9-12)21-10-15-6-7-24(11-15)18-16(8-19)13(2)14(3)22-23-18/h4-5,9,15H,6-7,10-11H2,1-3H3,(H,20,21). The second kappa shape index (κ2) is 6.83. The zero-order valence-electron chi connectivity index (χ0n) is 14.4. The number of aryl methyl sites for hydroxylation is 2. The van der Waals surface area contributed by atoms with E-state index in [0.717, 1.165) is 54.5 Å². The molecule has 0 bridgehead atoms. The Morgan fingerprint density at radius 1 is 1.29 bits per heavy atom. The first-order valence-electron chi connectivity index (χ1n) is 8.24. The van der Waals surface area contributed by atoms with Gasteiger partial charge >= 0.3 is 0 Å². The number of pyridine rings is 1. The predicted octanol–water partition coefficient (Wildman–Crippen LogP) is 2.61. The Hall–Kier alpha value is -2.68. The van der Waals surface area contributed by atoms with E-state index in [0.29, 0.717) is 11.5 Å². The summed E-state index contributed by atoms with van der Waals surface area (Å²) in [5.41, 5.74) is 3.55. The Kier molecular flexibility index (Phi) is 4.61. The fourth-order valence-electron chi connectivity index (χ4n) is 2.96. The number of rotatable bonds is 4. The summed E-state index contributed by atoms with van der Waals surface area (Å²) in [4.78, 5) is 6.55. The molecule has 0 aliphatic carbocycles. The first kappa shape index (κ1) is 16.2. The molecule has 6 heteroatoms. The van der Waals surface area contributed by atoms with Gasteiger partial charge in [0.25, 0.3) is 0 Å². The van der Waals surface area contributed by atoms with E-state index in [2.05, 4.69) is 37.5 Å². The highest BCUT2D eigenvalue weighted by Crippen LogP contribution is 2.27. The van der Waals surface area contributed by atoms with Crippen molar-refractivity contribution in [3.63, 3.8) is 0 Å². The summed E-state index contributed by atoms with van der Waals surface area (Å²) in [6.07, 6.45) is 2.94. The van der Waals surface area contributed by atoms with E-state index in [4.69, 9.17) is 0 Å². The molecule has 24 heavy (non-hydrogen) atoms.